The predicted molar refractivity (Wildman–Crippen MR) is 114 cm³/mol. The molecule has 0 amide bonds. The van der Waals surface area contributed by atoms with Crippen molar-refractivity contribution in [1.82, 2.24) is 19.7 Å². The van der Waals surface area contributed by atoms with Gasteiger partial charge in [0.15, 0.2) is 0 Å². The highest BCUT2D eigenvalue weighted by Crippen LogP contribution is 2.30. The van der Waals surface area contributed by atoms with Gasteiger partial charge in [0, 0.05) is 30.1 Å². The van der Waals surface area contributed by atoms with Crippen molar-refractivity contribution in [1.29, 1.82) is 0 Å². The standard InChI is InChI=1S/C19H21N5O3S.CH2O2/c1-13-18-11-17(27-19(18)22-14(2)21-13)12-24(28(3,25)26)16-7-4-6-15(10-16)23-9-5-8-20-23;2-1-3/h4-10,17H,11-12H2,1-3H3;1H,(H,2,3). The first-order valence-electron chi connectivity index (χ1n) is 9.39. The van der Waals surface area contributed by atoms with E-state index in [0.29, 0.717) is 23.8 Å². The quantitative estimate of drug-likeness (QED) is 0.589. The Morgan fingerprint density at radius 3 is 2.68 bits per heavy atom. The molecule has 1 aliphatic rings. The van der Waals surface area contributed by atoms with Gasteiger partial charge in [-0.15, -0.1) is 0 Å². The topological polar surface area (TPSA) is 128 Å². The Kier molecular flexibility index (Phi) is 6.54. The number of carbonyl (C=O) groups is 1. The second kappa shape index (κ2) is 9.13. The number of benzene rings is 1. The molecule has 3 heterocycles. The molecule has 1 aliphatic heterocycles. The lowest BCUT2D eigenvalue weighted by atomic mass is 10.1. The largest absolute Gasteiger partial charge is 0.483 e. The van der Waals surface area contributed by atoms with Crippen LogP contribution in [-0.2, 0) is 21.2 Å². The number of anilines is 1. The lowest BCUT2D eigenvalue weighted by molar-refractivity contribution is -0.122. The molecule has 10 nitrogen and oxygen atoms in total. The predicted octanol–water partition coefficient (Wildman–Crippen LogP) is 1.75. The zero-order valence-corrected chi connectivity index (χ0v) is 18.2. The number of nitrogens with zero attached hydrogens (tertiary/aromatic N) is 5. The van der Waals surface area contributed by atoms with Crippen LogP contribution in [0.4, 0.5) is 5.69 Å². The highest BCUT2D eigenvalue weighted by Gasteiger charge is 2.31. The lowest BCUT2D eigenvalue weighted by Crippen LogP contribution is -2.38. The molecular weight excluding hydrogens is 422 g/mol. The van der Waals surface area contributed by atoms with E-state index in [9.17, 15) is 8.42 Å². The summed E-state index contributed by atoms with van der Waals surface area (Å²) >= 11 is 0. The molecule has 164 valence electrons. The van der Waals surface area contributed by atoms with Crippen LogP contribution in [0.2, 0.25) is 0 Å². The van der Waals surface area contributed by atoms with Crippen molar-refractivity contribution >= 4 is 22.2 Å². The molecule has 0 fully saturated rings. The monoisotopic (exact) mass is 445 g/mol. The van der Waals surface area contributed by atoms with Gasteiger partial charge in [-0.2, -0.15) is 10.1 Å². The fourth-order valence-corrected chi connectivity index (χ4v) is 4.33. The van der Waals surface area contributed by atoms with E-state index in [0.717, 1.165) is 16.9 Å². The molecule has 11 heteroatoms. The van der Waals surface area contributed by atoms with Crippen molar-refractivity contribution < 1.29 is 23.1 Å². The van der Waals surface area contributed by atoms with Crippen molar-refractivity contribution in [2.45, 2.75) is 26.4 Å². The maximum absolute atomic E-state index is 12.5. The smallest absolute Gasteiger partial charge is 0.290 e. The van der Waals surface area contributed by atoms with Crippen LogP contribution in [-0.4, -0.2) is 58.6 Å². The maximum atomic E-state index is 12.5. The van der Waals surface area contributed by atoms with E-state index >= 15 is 0 Å². The number of aryl methyl sites for hydroxylation is 2. The molecule has 1 unspecified atom stereocenters. The van der Waals surface area contributed by atoms with E-state index in [1.54, 1.807) is 23.0 Å². The van der Waals surface area contributed by atoms with Crippen LogP contribution in [0.5, 0.6) is 5.88 Å². The number of fused-ring (bicyclic) bond motifs is 1. The lowest BCUT2D eigenvalue weighted by Gasteiger charge is -2.25. The highest BCUT2D eigenvalue weighted by atomic mass is 32.2. The number of carboxylic acid groups (broad SMARTS) is 1. The van der Waals surface area contributed by atoms with Gasteiger partial charge in [0.2, 0.25) is 15.9 Å². The summed E-state index contributed by atoms with van der Waals surface area (Å²) in [4.78, 5) is 17.1. The maximum Gasteiger partial charge on any atom is 0.290 e. The summed E-state index contributed by atoms with van der Waals surface area (Å²) in [6.07, 6.45) is 4.94. The van der Waals surface area contributed by atoms with Gasteiger partial charge in [0.25, 0.3) is 6.47 Å². The van der Waals surface area contributed by atoms with Crippen LogP contribution in [0.15, 0.2) is 42.7 Å². The summed E-state index contributed by atoms with van der Waals surface area (Å²) in [6.45, 7) is 3.67. The Morgan fingerprint density at radius 2 is 2.03 bits per heavy atom. The third-order valence-electron chi connectivity index (χ3n) is 4.65. The number of ether oxygens (including phenoxy) is 1. The van der Waals surface area contributed by atoms with E-state index in [4.69, 9.17) is 14.6 Å². The molecule has 1 N–H and O–H groups in total. The van der Waals surface area contributed by atoms with Gasteiger partial charge in [-0.25, -0.2) is 18.1 Å². The van der Waals surface area contributed by atoms with Gasteiger partial charge in [-0.05, 0) is 38.1 Å². The molecule has 2 aromatic heterocycles. The van der Waals surface area contributed by atoms with Crippen molar-refractivity contribution in [2.24, 2.45) is 0 Å². The van der Waals surface area contributed by atoms with E-state index in [1.165, 1.54) is 10.6 Å². The summed E-state index contributed by atoms with van der Waals surface area (Å²) in [5, 5.41) is 11.1. The third-order valence-corrected chi connectivity index (χ3v) is 5.81. The van der Waals surface area contributed by atoms with Crippen LogP contribution in [0.25, 0.3) is 5.69 Å². The second-order valence-corrected chi connectivity index (χ2v) is 8.86. The first-order valence-corrected chi connectivity index (χ1v) is 11.2. The van der Waals surface area contributed by atoms with Gasteiger partial charge < -0.3 is 9.84 Å². The number of rotatable bonds is 5. The van der Waals surface area contributed by atoms with Crippen LogP contribution < -0.4 is 9.04 Å². The Bertz CT molecular complexity index is 1160. The zero-order chi connectivity index (χ0) is 22.6. The first kappa shape index (κ1) is 22.2. The van der Waals surface area contributed by atoms with E-state index in [2.05, 4.69) is 15.1 Å². The van der Waals surface area contributed by atoms with Gasteiger partial charge in [0.05, 0.1) is 24.2 Å². The number of sulfonamides is 1. The Labute approximate surface area is 180 Å². The summed E-state index contributed by atoms with van der Waals surface area (Å²) in [5.41, 5.74) is 3.16. The first-order chi connectivity index (χ1) is 14.7. The summed E-state index contributed by atoms with van der Waals surface area (Å²) < 4.78 is 34.1. The van der Waals surface area contributed by atoms with E-state index in [1.807, 2.05) is 38.2 Å². The Morgan fingerprint density at radius 1 is 1.29 bits per heavy atom. The molecular formula is C20H23N5O5S. The van der Waals surface area contributed by atoms with Gasteiger partial charge in [0.1, 0.15) is 11.9 Å². The number of aromatic nitrogens is 4. The summed E-state index contributed by atoms with van der Waals surface area (Å²) in [6, 6.07) is 9.07. The molecule has 0 bridgehead atoms. The van der Waals surface area contributed by atoms with Crippen molar-refractivity contribution in [3.05, 3.63) is 59.8 Å². The molecule has 0 saturated heterocycles. The molecule has 1 aromatic carbocycles. The fourth-order valence-electron chi connectivity index (χ4n) is 3.40. The van der Waals surface area contributed by atoms with Crippen LogP contribution in [0.3, 0.4) is 0 Å². The normalized spacial score (nSPS) is 14.7. The Hall–Kier alpha value is -3.47. The molecule has 0 radical (unpaired) electrons. The molecule has 0 spiro atoms. The van der Waals surface area contributed by atoms with Crippen LogP contribution in [0.1, 0.15) is 17.1 Å². The molecule has 0 saturated carbocycles. The fraction of sp³-hybridized carbons (Fsp3) is 0.300. The van der Waals surface area contributed by atoms with Crippen molar-refractivity contribution in [3.8, 4) is 11.6 Å². The van der Waals surface area contributed by atoms with Gasteiger partial charge in [-0.1, -0.05) is 6.07 Å². The molecule has 31 heavy (non-hydrogen) atoms. The SMILES string of the molecule is Cc1nc(C)c2c(n1)OC(CN(c1cccc(-n3cccn3)c1)S(C)(=O)=O)C2.O=CO. The van der Waals surface area contributed by atoms with Gasteiger partial charge >= 0.3 is 0 Å². The van der Waals surface area contributed by atoms with Crippen molar-refractivity contribution in [3.63, 3.8) is 0 Å². The van der Waals surface area contributed by atoms with E-state index in [-0.39, 0.29) is 19.1 Å². The van der Waals surface area contributed by atoms with Crippen molar-refractivity contribution in [2.75, 3.05) is 17.1 Å². The minimum Gasteiger partial charge on any atom is -0.483 e. The molecule has 0 aliphatic carbocycles. The minimum absolute atomic E-state index is 0.191. The van der Waals surface area contributed by atoms with Crippen LogP contribution >= 0.6 is 0 Å². The molecule has 3 aromatic rings. The van der Waals surface area contributed by atoms with Gasteiger partial charge in [-0.3, -0.25) is 9.10 Å². The number of hydrogen-bond acceptors (Lipinski definition) is 7. The average molecular weight is 446 g/mol. The average Bonchev–Trinajstić information content (AvgIpc) is 3.36. The van der Waals surface area contributed by atoms with E-state index < -0.39 is 10.0 Å². The number of hydrogen-bond donors (Lipinski definition) is 1. The van der Waals surface area contributed by atoms with Crippen LogP contribution in [0, 0.1) is 13.8 Å². The zero-order valence-electron chi connectivity index (χ0n) is 17.3. The Balaban J connectivity index is 0.000000858. The molecule has 4 rings (SSSR count). The summed E-state index contributed by atoms with van der Waals surface area (Å²) in [7, 11) is -3.51. The highest BCUT2D eigenvalue weighted by molar-refractivity contribution is 7.92. The minimum atomic E-state index is -3.51. The third kappa shape index (κ3) is 5.18. The summed E-state index contributed by atoms with van der Waals surface area (Å²) in [5.74, 6) is 1.19. The molecule has 1 atom stereocenters. The second-order valence-electron chi connectivity index (χ2n) is 6.95.